The van der Waals surface area contributed by atoms with Crippen LogP contribution in [0.1, 0.15) is 27.2 Å². The van der Waals surface area contributed by atoms with Crippen molar-refractivity contribution in [2.45, 2.75) is 33.1 Å². The highest BCUT2D eigenvalue weighted by molar-refractivity contribution is 6.02. The molecule has 0 aromatic heterocycles. The summed E-state index contributed by atoms with van der Waals surface area (Å²) < 4.78 is 24.5. The fourth-order valence-electron chi connectivity index (χ4n) is 0.518. The Bertz CT molecular complexity index is 192. The van der Waals surface area contributed by atoms with Gasteiger partial charge in [-0.25, -0.2) is 0 Å². The maximum absolute atomic E-state index is 12.2. The zero-order valence-corrected chi connectivity index (χ0v) is 7.36. The van der Waals surface area contributed by atoms with Crippen molar-refractivity contribution in [2.75, 3.05) is 0 Å². The number of halogens is 2. The Kier molecular flexibility index (Phi) is 3.49. The third-order valence-electron chi connectivity index (χ3n) is 1.47. The van der Waals surface area contributed by atoms with Crippen LogP contribution in [0.4, 0.5) is 8.78 Å². The minimum absolute atomic E-state index is 0.365. The highest BCUT2D eigenvalue weighted by Crippen LogP contribution is 2.16. The summed E-state index contributed by atoms with van der Waals surface area (Å²) in [4.78, 5) is 21.5. The van der Waals surface area contributed by atoms with Gasteiger partial charge in [-0.3, -0.25) is 9.59 Å². The van der Waals surface area contributed by atoms with Crippen LogP contribution in [-0.2, 0) is 9.59 Å². The van der Waals surface area contributed by atoms with Crippen LogP contribution >= 0.6 is 0 Å². The zero-order chi connectivity index (χ0) is 9.94. The van der Waals surface area contributed by atoms with E-state index >= 15 is 0 Å². The molecule has 0 saturated carbocycles. The van der Waals surface area contributed by atoms with Crippen molar-refractivity contribution in [2.24, 2.45) is 5.92 Å². The molecule has 0 fully saturated rings. The molecule has 0 spiro atoms. The Morgan fingerprint density at radius 1 is 1.33 bits per heavy atom. The zero-order valence-electron chi connectivity index (χ0n) is 7.36. The van der Waals surface area contributed by atoms with Crippen LogP contribution in [0.25, 0.3) is 0 Å². The van der Waals surface area contributed by atoms with E-state index in [1.165, 1.54) is 0 Å². The SMILES string of the molecule is CC(C)C(=O)CC(=O)C(C)(F)F. The van der Waals surface area contributed by atoms with Crippen LogP contribution in [-0.4, -0.2) is 17.5 Å². The Hall–Kier alpha value is -0.800. The average Bonchev–Trinajstić information content (AvgIpc) is 1.85. The van der Waals surface area contributed by atoms with Crippen LogP contribution in [0.5, 0.6) is 0 Å². The van der Waals surface area contributed by atoms with Crippen LogP contribution in [0, 0.1) is 5.92 Å². The van der Waals surface area contributed by atoms with Gasteiger partial charge >= 0.3 is 5.92 Å². The fraction of sp³-hybridized carbons (Fsp3) is 0.750. The molecule has 0 aromatic carbocycles. The lowest BCUT2D eigenvalue weighted by atomic mass is 10.0. The molecule has 0 aliphatic rings. The van der Waals surface area contributed by atoms with Gasteiger partial charge in [0.1, 0.15) is 5.78 Å². The molecule has 0 aromatic rings. The van der Waals surface area contributed by atoms with E-state index in [2.05, 4.69) is 0 Å². The van der Waals surface area contributed by atoms with E-state index in [0.717, 1.165) is 0 Å². The first-order valence-corrected chi connectivity index (χ1v) is 3.69. The smallest absolute Gasteiger partial charge is 0.299 e. The van der Waals surface area contributed by atoms with Gasteiger partial charge < -0.3 is 0 Å². The fourth-order valence-corrected chi connectivity index (χ4v) is 0.518. The number of hydrogen-bond acceptors (Lipinski definition) is 2. The van der Waals surface area contributed by atoms with E-state index in [4.69, 9.17) is 0 Å². The van der Waals surface area contributed by atoms with E-state index in [1.807, 2.05) is 0 Å². The first kappa shape index (κ1) is 11.2. The van der Waals surface area contributed by atoms with Crippen molar-refractivity contribution in [3.8, 4) is 0 Å². The third-order valence-corrected chi connectivity index (χ3v) is 1.47. The summed E-state index contributed by atoms with van der Waals surface area (Å²) in [7, 11) is 0. The minimum Gasteiger partial charge on any atom is -0.299 e. The number of ketones is 2. The number of hydrogen-bond donors (Lipinski definition) is 0. The molecule has 0 saturated heterocycles. The highest BCUT2D eigenvalue weighted by atomic mass is 19.3. The van der Waals surface area contributed by atoms with Gasteiger partial charge in [-0.2, -0.15) is 8.78 Å². The van der Waals surface area contributed by atoms with Crippen molar-refractivity contribution in [3.05, 3.63) is 0 Å². The monoisotopic (exact) mass is 178 g/mol. The molecule has 0 aliphatic carbocycles. The van der Waals surface area contributed by atoms with Crippen LogP contribution in [0.15, 0.2) is 0 Å². The standard InChI is InChI=1S/C8H12F2O2/c1-5(2)6(11)4-7(12)8(3,9)10/h5H,4H2,1-3H3. The predicted molar refractivity (Wildman–Crippen MR) is 40.1 cm³/mol. The molecule has 0 aliphatic heterocycles. The van der Waals surface area contributed by atoms with Crippen molar-refractivity contribution < 1.29 is 18.4 Å². The van der Waals surface area contributed by atoms with E-state index in [-0.39, 0.29) is 5.92 Å². The van der Waals surface area contributed by atoms with Gasteiger partial charge in [-0.05, 0) is 0 Å². The van der Waals surface area contributed by atoms with Gasteiger partial charge in [-0.1, -0.05) is 13.8 Å². The first-order chi connectivity index (χ1) is 5.25. The second-order valence-corrected chi connectivity index (χ2v) is 3.11. The molecule has 0 N–H and O–H groups in total. The molecule has 0 rings (SSSR count). The second kappa shape index (κ2) is 3.74. The predicted octanol–water partition coefficient (Wildman–Crippen LogP) is 1.83. The molecule has 4 heteroatoms. The summed E-state index contributed by atoms with van der Waals surface area (Å²) in [6.07, 6.45) is -0.666. The van der Waals surface area contributed by atoms with Crippen molar-refractivity contribution in [1.29, 1.82) is 0 Å². The van der Waals surface area contributed by atoms with E-state index in [0.29, 0.717) is 6.92 Å². The van der Waals surface area contributed by atoms with Gasteiger partial charge in [0.2, 0.25) is 5.78 Å². The highest BCUT2D eigenvalue weighted by Gasteiger charge is 2.33. The molecular formula is C8H12F2O2. The molecule has 0 bridgehead atoms. The summed E-state index contributed by atoms with van der Waals surface area (Å²) in [5.74, 6) is -5.50. The maximum atomic E-state index is 12.2. The van der Waals surface area contributed by atoms with Gasteiger partial charge in [0.15, 0.2) is 0 Å². The molecule has 12 heavy (non-hydrogen) atoms. The summed E-state index contributed by atoms with van der Waals surface area (Å²) in [6, 6.07) is 0. The van der Waals surface area contributed by atoms with Crippen molar-refractivity contribution >= 4 is 11.6 Å². The topological polar surface area (TPSA) is 34.1 Å². The largest absolute Gasteiger partial charge is 0.302 e. The lowest BCUT2D eigenvalue weighted by molar-refractivity contribution is -0.144. The van der Waals surface area contributed by atoms with Crippen LogP contribution < -0.4 is 0 Å². The van der Waals surface area contributed by atoms with Crippen LogP contribution in [0.3, 0.4) is 0 Å². The molecular weight excluding hydrogens is 166 g/mol. The van der Waals surface area contributed by atoms with E-state index in [9.17, 15) is 18.4 Å². The summed E-state index contributed by atoms with van der Waals surface area (Å²) in [5, 5.41) is 0. The second-order valence-electron chi connectivity index (χ2n) is 3.11. The third kappa shape index (κ3) is 3.55. The van der Waals surface area contributed by atoms with Gasteiger partial charge in [-0.15, -0.1) is 0 Å². The number of Topliss-reactive ketones (excluding diaryl/α,β-unsaturated/α-hetero) is 2. The maximum Gasteiger partial charge on any atom is 0.302 e. The lowest BCUT2D eigenvalue weighted by Crippen LogP contribution is -2.28. The Labute approximate surface area is 69.9 Å². The normalized spacial score (nSPS) is 11.8. The summed E-state index contributed by atoms with van der Waals surface area (Å²) in [5.41, 5.74) is 0. The lowest BCUT2D eigenvalue weighted by Gasteiger charge is -2.08. The van der Waals surface area contributed by atoms with E-state index < -0.39 is 23.9 Å². The molecule has 0 radical (unpaired) electrons. The Morgan fingerprint density at radius 2 is 1.75 bits per heavy atom. The first-order valence-electron chi connectivity index (χ1n) is 3.69. The van der Waals surface area contributed by atoms with Crippen molar-refractivity contribution in [3.63, 3.8) is 0 Å². The van der Waals surface area contributed by atoms with Gasteiger partial charge in [0, 0.05) is 12.8 Å². The Morgan fingerprint density at radius 3 is 2.00 bits per heavy atom. The molecule has 70 valence electrons. The molecule has 0 atom stereocenters. The number of carbonyl (C=O) groups excluding carboxylic acids is 2. The number of rotatable bonds is 4. The van der Waals surface area contributed by atoms with Crippen LogP contribution in [0.2, 0.25) is 0 Å². The molecule has 0 heterocycles. The summed E-state index contributed by atoms with van der Waals surface area (Å²) in [6.45, 7) is 3.65. The van der Waals surface area contributed by atoms with E-state index in [1.54, 1.807) is 13.8 Å². The average molecular weight is 178 g/mol. The van der Waals surface area contributed by atoms with Gasteiger partial charge in [0.05, 0.1) is 6.42 Å². The number of alkyl halides is 2. The molecule has 0 amide bonds. The van der Waals surface area contributed by atoms with Gasteiger partial charge in [0.25, 0.3) is 0 Å². The summed E-state index contributed by atoms with van der Waals surface area (Å²) >= 11 is 0. The van der Waals surface area contributed by atoms with Crippen molar-refractivity contribution in [1.82, 2.24) is 0 Å². The molecule has 0 unspecified atom stereocenters. The quantitative estimate of drug-likeness (QED) is 0.615. The minimum atomic E-state index is -3.38. The number of carbonyl (C=O) groups is 2. The Balaban J connectivity index is 4.12. The molecule has 2 nitrogen and oxygen atoms in total.